The fourth-order valence-electron chi connectivity index (χ4n) is 5.30. The van der Waals surface area contributed by atoms with Crippen LogP contribution >= 0.6 is 34.8 Å². The van der Waals surface area contributed by atoms with Crippen molar-refractivity contribution < 1.29 is 13.2 Å². The number of sulfonamides is 1. The summed E-state index contributed by atoms with van der Waals surface area (Å²) in [6.07, 6.45) is 6.92. The van der Waals surface area contributed by atoms with Gasteiger partial charge in [0, 0.05) is 36.1 Å². The van der Waals surface area contributed by atoms with Crippen LogP contribution in [-0.2, 0) is 14.8 Å². The van der Waals surface area contributed by atoms with Crippen LogP contribution in [0.3, 0.4) is 0 Å². The number of anilines is 3. The number of hydrogen-bond acceptors (Lipinski definition) is 8. The molecule has 1 aromatic carbocycles. The molecule has 2 fully saturated rings. The van der Waals surface area contributed by atoms with E-state index in [2.05, 4.69) is 15.6 Å². The Balaban J connectivity index is 1.46. The predicted octanol–water partition coefficient (Wildman–Crippen LogP) is 4.58. The van der Waals surface area contributed by atoms with Gasteiger partial charge in [0.05, 0.1) is 28.2 Å². The Morgan fingerprint density at radius 1 is 1.03 bits per heavy atom. The highest BCUT2D eigenvalue weighted by molar-refractivity contribution is 7.88. The Morgan fingerprint density at radius 3 is 2.26 bits per heavy atom. The molecular weight excluding hydrogens is 587 g/mol. The molecule has 1 aliphatic carbocycles. The summed E-state index contributed by atoms with van der Waals surface area (Å²) in [6.45, 7) is 0.882. The minimum absolute atomic E-state index is 0.00120. The number of benzene rings is 1. The first-order chi connectivity index (χ1) is 18.5. The number of aromatic nitrogens is 4. The Bertz CT molecular complexity index is 1480. The van der Waals surface area contributed by atoms with Crippen molar-refractivity contribution in [2.24, 2.45) is 11.7 Å². The van der Waals surface area contributed by atoms with Gasteiger partial charge in [0.15, 0.2) is 5.65 Å². The molecule has 1 saturated carbocycles. The average molecular weight is 616 g/mol. The second-order valence-corrected chi connectivity index (χ2v) is 13.3. The number of nitrogens with zero attached hydrogens (tertiary/aromatic N) is 5. The summed E-state index contributed by atoms with van der Waals surface area (Å²) in [5, 5.41) is 7.73. The van der Waals surface area contributed by atoms with Crippen molar-refractivity contribution in [2.75, 3.05) is 30.0 Å². The van der Waals surface area contributed by atoms with E-state index in [1.54, 1.807) is 18.3 Å². The highest BCUT2D eigenvalue weighted by atomic mass is 35.5. The van der Waals surface area contributed by atoms with Crippen LogP contribution in [0.2, 0.25) is 15.1 Å². The number of carbonyl (C=O) groups is 1. The zero-order valence-corrected chi connectivity index (χ0v) is 24.3. The van der Waals surface area contributed by atoms with Gasteiger partial charge in [-0.1, -0.05) is 34.8 Å². The third kappa shape index (κ3) is 6.19. The number of nitrogens with one attached hydrogen (secondary N) is 2. The van der Waals surface area contributed by atoms with Crippen molar-refractivity contribution in [3.8, 4) is 0 Å². The van der Waals surface area contributed by atoms with Crippen molar-refractivity contribution in [1.29, 1.82) is 0 Å². The van der Waals surface area contributed by atoms with Crippen LogP contribution in [0.1, 0.15) is 44.6 Å². The molecule has 1 amide bonds. The number of carbonyl (C=O) groups excluding carboxylic acids is 1. The van der Waals surface area contributed by atoms with Gasteiger partial charge in [-0.05, 0) is 50.7 Å². The van der Waals surface area contributed by atoms with E-state index in [-0.39, 0.29) is 23.9 Å². The summed E-state index contributed by atoms with van der Waals surface area (Å²) in [4.78, 5) is 25.8. The standard InChI is InChI=1S/C24H29Cl3N8O3S/c1-39(37,38)34-8-6-15(7-9-34)30-23-29-12-19-22(33-23)35(16-4-2-13(3-5-16)21(28)36)24(31-19)32-20-17(26)10-14(25)11-18(20)27/h10-13,15-16H,2-9H2,1H3,(H2,28,36)(H,31,32)(H,29,30,33)/t13-,16+. The maximum Gasteiger partial charge on any atom is 0.224 e. The highest BCUT2D eigenvalue weighted by Crippen LogP contribution is 2.40. The smallest absolute Gasteiger partial charge is 0.224 e. The van der Waals surface area contributed by atoms with Gasteiger partial charge in [-0.15, -0.1) is 0 Å². The number of nitrogens with two attached hydrogens (primary N) is 1. The van der Waals surface area contributed by atoms with Crippen LogP contribution in [0, 0.1) is 5.92 Å². The van der Waals surface area contributed by atoms with Gasteiger partial charge >= 0.3 is 0 Å². The molecule has 15 heteroatoms. The van der Waals surface area contributed by atoms with Crippen LogP contribution in [0.25, 0.3) is 11.2 Å². The molecule has 1 saturated heterocycles. The summed E-state index contributed by atoms with van der Waals surface area (Å²) in [6, 6.07) is 3.23. The Morgan fingerprint density at radius 2 is 1.67 bits per heavy atom. The van der Waals surface area contributed by atoms with Crippen molar-refractivity contribution in [2.45, 2.75) is 50.6 Å². The van der Waals surface area contributed by atoms with Crippen molar-refractivity contribution in [3.05, 3.63) is 33.4 Å². The van der Waals surface area contributed by atoms with E-state index in [4.69, 9.17) is 50.5 Å². The number of halogens is 3. The van der Waals surface area contributed by atoms with Crippen molar-refractivity contribution >= 4 is 79.5 Å². The van der Waals surface area contributed by atoms with Gasteiger partial charge in [-0.3, -0.25) is 9.36 Å². The SMILES string of the molecule is CS(=O)(=O)N1CCC(Nc2ncc3nc(Nc4c(Cl)cc(Cl)cc4Cl)n([C@H]4CC[C@@H](C(N)=O)CC4)c3n2)CC1. The summed E-state index contributed by atoms with van der Waals surface area (Å²) in [7, 11) is -3.21. The molecule has 3 aromatic rings. The molecule has 1 aliphatic heterocycles. The number of hydrogen-bond donors (Lipinski definition) is 3. The molecule has 2 aliphatic rings. The molecule has 2 aromatic heterocycles. The van der Waals surface area contributed by atoms with Crippen molar-refractivity contribution in [3.63, 3.8) is 0 Å². The molecule has 4 N–H and O–H groups in total. The molecule has 5 rings (SSSR count). The molecule has 0 unspecified atom stereocenters. The number of imidazole rings is 1. The van der Waals surface area contributed by atoms with Crippen LogP contribution in [0.15, 0.2) is 18.3 Å². The van der Waals surface area contributed by atoms with E-state index in [0.717, 1.165) is 0 Å². The van der Waals surface area contributed by atoms with Crippen LogP contribution in [0.5, 0.6) is 0 Å². The number of fused-ring (bicyclic) bond motifs is 1. The number of piperidine rings is 1. The molecule has 11 nitrogen and oxygen atoms in total. The Labute approximate surface area is 241 Å². The minimum Gasteiger partial charge on any atom is -0.369 e. The largest absolute Gasteiger partial charge is 0.369 e. The molecule has 3 heterocycles. The summed E-state index contributed by atoms with van der Waals surface area (Å²) in [5.41, 5.74) is 7.23. The van der Waals surface area contributed by atoms with E-state index in [9.17, 15) is 13.2 Å². The quantitative estimate of drug-likeness (QED) is 0.350. The lowest BCUT2D eigenvalue weighted by atomic mass is 9.85. The molecule has 0 spiro atoms. The molecular formula is C24H29Cl3N8O3S. The van der Waals surface area contributed by atoms with Crippen LogP contribution in [0.4, 0.5) is 17.6 Å². The number of primary amides is 1. The second-order valence-electron chi connectivity index (χ2n) is 10.1. The van der Waals surface area contributed by atoms with E-state index in [1.807, 2.05) is 4.57 Å². The van der Waals surface area contributed by atoms with Crippen molar-refractivity contribution in [1.82, 2.24) is 23.8 Å². The first-order valence-corrected chi connectivity index (χ1v) is 15.7. The zero-order valence-electron chi connectivity index (χ0n) is 21.2. The molecule has 210 valence electrons. The maximum absolute atomic E-state index is 11.9. The second kappa shape index (κ2) is 11.2. The molecule has 0 radical (unpaired) electrons. The summed E-state index contributed by atoms with van der Waals surface area (Å²) >= 11 is 19.0. The normalized spacial score (nSPS) is 21.2. The van der Waals surface area contributed by atoms with Gasteiger partial charge in [-0.2, -0.15) is 4.98 Å². The Kier molecular flexibility index (Phi) is 8.12. The maximum atomic E-state index is 11.9. The fourth-order valence-corrected chi connectivity index (χ4v) is 7.09. The van der Waals surface area contributed by atoms with Crippen LogP contribution < -0.4 is 16.4 Å². The van der Waals surface area contributed by atoms with Gasteiger partial charge in [0.25, 0.3) is 0 Å². The van der Waals surface area contributed by atoms with Gasteiger partial charge < -0.3 is 16.4 Å². The summed E-state index contributed by atoms with van der Waals surface area (Å²) in [5.74, 6) is 0.489. The van der Waals surface area contributed by atoms with E-state index >= 15 is 0 Å². The molecule has 39 heavy (non-hydrogen) atoms. The fraction of sp³-hybridized carbons (Fsp3) is 0.500. The third-order valence-electron chi connectivity index (χ3n) is 7.40. The predicted molar refractivity (Wildman–Crippen MR) is 153 cm³/mol. The molecule has 0 bridgehead atoms. The van der Waals surface area contributed by atoms with Gasteiger partial charge in [0.2, 0.25) is 27.8 Å². The monoisotopic (exact) mass is 614 g/mol. The van der Waals surface area contributed by atoms with Gasteiger partial charge in [0.1, 0.15) is 5.52 Å². The lowest BCUT2D eigenvalue weighted by Gasteiger charge is -2.30. The van der Waals surface area contributed by atoms with Gasteiger partial charge in [-0.25, -0.2) is 22.7 Å². The average Bonchev–Trinajstić information content (AvgIpc) is 3.23. The Hall–Kier alpha value is -2.38. The lowest BCUT2D eigenvalue weighted by Crippen LogP contribution is -2.42. The molecule has 0 atom stereocenters. The highest BCUT2D eigenvalue weighted by Gasteiger charge is 2.30. The van der Waals surface area contributed by atoms with Crippen LogP contribution in [-0.4, -0.2) is 63.5 Å². The number of amides is 1. The van der Waals surface area contributed by atoms with E-state index in [1.165, 1.54) is 10.6 Å². The van der Waals surface area contributed by atoms with E-state index in [0.29, 0.717) is 95.4 Å². The first kappa shape index (κ1) is 28.2. The lowest BCUT2D eigenvalue weighted by molar-refractivity contribution is -0.122. The topological polar surface area (TPSA) is 148 Å². The first-order valence-electron chi connectivity index (χ1n) is 12.7. The van der Waals surface area contributed by atoms with E-state index < -0.39 is 10.0 Å². The zero-order chi connectivity index (χ0) is 27.9. The summed E-state index contributed by atoms with van der Waals surface area (Å²) < 4.78 is 27.2. The number of rotatable bonds is 7. The third-order valence-corrected chi connectivity index (χ3v) is 9.51. The minimum atomic E-state index is -3.21.